The van der Waals surface area contributed by atoms with Gasteiger partial charge in [-0.05, 0) is 64.6 Å². The molecule has 0 radical (unpaired) electrons. The highest BCUT2D eigenvalue weighted by Crippen LogP contribution is 2.40. The molecule has 0 spiro atoms. The Hall–Kier alpha value is -3.51. The number of benzene rings is 1. The Balaban J connectivity index is 1.30. The predicted octanol–water partition coefficient (Wildman–Crippen LogP) is 6.46. The first-order valence-corrected chi connectivity index (χ1v) is 19.3. The third-order valence-corrected chi connectivity index (χ3v) is 10.2. The summed E-state index contributed by atoms with van der Waals surface area (Å²) in [6.07, 6.45) is 8.75. The molecule has 12 heteroatoms. The highest BCUT2D eigenvalue weighted by atomic mass is 28.3. The van der Waals surface area contributed by atoms with Gasteiger partial charge in [-0.15, -0.1) is 0 Å². The molecule has 5 heterocycles. The Kier molecular flexibility index (Phi) is 7.94. The second-order valence-corrected chi connectivity index (χ2v) is 20.2. The van der Waals surface area contributed by atoms with Crippen molar-refractivity contribution in [1.82, 2.24) is 29.6 Å². The number of amides is 1. The van der Waals surface area contributed by atoms with Gasteiger partial charge in [0.05, 0.1) is 17.1 Å². The lowest BCUT2D eigenvalue weighted by atomic mass is 9.97. The Morgan fingerprint density at radius 1 is 1.11 bits per heavy atom. The summed E-state index contributed by atoms with van der Waals surface area (Å²) in [4.78, 5) is 24.9. The molecule has 2 atom stereocenters. The number of fused-ring (bicyclic) bond motifs is 4. The summed E-state index contributed by atoms with van der Waals surface area (Å²) in [5, 5.41) is 7.91. The van der Waals surface area contributed by atoms with Crippen LogP contribution in [0.5, 0.6) is 0 Å². The number of carbonyl (C=O) groups is 1. The number of nitrogens with one attached hydrogen (secondary N) is 1. The monoisotopic (exact) mass is 621 g/mol. The number of piperidine rings is 1. The standard InChI is InChI=1S/C32H44FN7O3Si/c1-32(2,3)43-31(41)35-20-14-21-8-9-22(15-20)40(21)27-16-34-29-24(23-10-11-26-25(28(23)33)17-38(4)37-26)18-39(30(29)36-27)19-42-12-13-44(5,6)7/h10-11,16-18,20-22H,8-9,12-15,19H2,1-7H3,(H,35,41). The van der Waals surface area contributed by atoms with E-state index in [1.165, 1.54) is 0 Å². The van der Waals surface area contributed by atoms with E-state index < -0.39 is 13.7 Å². The maximum Gasteiger partial charge on any atom is 0.407 e. The van der Waals surface area contributed by atoms with Crippen molar-refractivity contribution >= 4 is 42.1 Å². The van der Waals surface area contributed by atoms with Gasteiger partial charge in [0.2, 0.25) is 0 Å². The van der Waals surface area contributed by atoms with Crippen LogP contribution in [0.1, 0.15) is 46.5 Å². The number of nitrogens with zero attached hydrogens (tertiary/aromatic N) is 6. The molecule has 2 aliphatic rings. The van der Waals surface area contributed by atoms with Gasteiger partial charge in [0, 0.05) is 63.4 Å². The molecule has 1 amide bonds. The van der Waals surface area contributed by atoms with Gasteiger partial charge in [0.1, 0.15) is 29.5 Å². The van der Waals surface area contributed by atoms with E-state index in [0.717, 1.165) is 37.5 Å². The number of aromatic nitrogens is 5. The Labute approximate surface area is 258 Å². The van der Waals surface area contributed by atoms with Gasteiger partial charge in [-0.3, -0.25) is 4.68 Å². The van der Waals surface area contributed by atoms with Gasteiger partial charge in [-0.1, -0.05) is 19.6 Å². The number of carbonyl (C=O) groups excluding carboxylic acids is 1. The quantitative estimate of drug-likeness (QED) is 0.178. The number of rotatable bonds is 8. The van der Waals surface area contributed by atoms with E-state index in [1.807, 2.05) is 43.8 Å². The van der Waals surface area contributed by atoms with Gasteiger partial charge >= 0.3 is 6.09 Å². The van der Waals surface area contributed by atoms with Crippen LogP contribution in [0.3, 0.4) is 0 Å². The van der Waals surface area contributed by atoms with Crippen molar-refractivity contribution < 1.29 is 18.7 Å². The molecule has 0 saturated carbocycles. The zero-order chi connectivity index (χ0) is 31.4. The molecule has 2 bridgehead atoms. The third-order valence-electron chi connectivity index (χ3n) is 8.53. The van der Waals surface area contributed by atoms with E-state index in [9.17, 15) is 4.79 Å². The first kappa shape index (κ1) is 30.5. The first-order valence-electron chi connectivity index (χ1n) is 15.6. The predicted molar refractivity (Wildman–Crippen MR) is 173 cm³/mol. The molecule has 4 aromatic rings. The van der Waals surface area contributed by atoms with E-state index in [4.69, 9.17) is 19.4 Å². The van der Waals surface area contributed by atoms with Crippen LogP contribution in [0.15, 0.2) is 30.7 Å². The Morgan fingerprint density at radius 2 is 1.84 bits per heavy atom. The zero-order valence-electron chi connectivity index (χ0n) is 26.9. The van der Waals surface area contributed by atoms with Crippen LogP contribution < -0.4 is 10.2 Å². The minimum atomic E-state index is -1.26. The Morgan fingerprint density at radius 3 is 2.52 bits per heavy atom. The van der Waals surface area contributed by atoms with Crippen LogP contribution in [-0.2, 0) is 23.3 Å². The van der Waals surface area contributed by atoms with Crippen molar-refractivity contribution in [2.45, 2.75) is 103 Å². The van der Waals surface area contributed by atoms with E-state index >= 15 is 4.39 Å². The van der Waals surface area contributed by atoms with Crippen molar-refractivity contribution in [1.29, 1.82) is 0 Å². The molecule has 2 saturated heterocycles. The summed E-state index contributed by atoms with van der Waals surface area (Å²) >= 11 is 0. The van der Waals surface area contributed by atoms with Crippen LogP contribution in [0.25, 0.3) is 33.2 Å². The molecule has 2 aliphatic heterocycles. The maximum atomic E-state index is 15.9. The van der Waals surface area contributed by atoms with Crippen LogP contribution in [0.2, 0.25) is 25.7 Å². The van der Waals surface area contributed by atoms with E-state index in [-0.39, 0.29) is 30.0 Å². The van der Waals surface area contributed by atoms with Crippen molar-refractivity contribution in [2.75, 3.05) is 11.5 Å². The lowest BCUT2D eigenvalue weighted by molar-refractivity contribution is 0.0492. The maximum absolute atomic E-state index is 15.9. The normalized spacial score (nSPS) is 20.5. The minimum absolute atomic E-state index is 0.0517. The molecule has 0 aliphatic carbocycles. The first-order chi connectivity index (χ1) is 20.8. The number of halogens is 1. The molecule has 1 aromatic carbocycles. The summed E-state index contributed by atoms with van der Waals surface area (Å²) in [5.41, 5.74) is 2.53. The van der Waals surface area contributed by atoms with Crippen LogP contribution in [0, 0.1) is 5.82 Å². The average Bonchev–Trinajstić information content (AvgIpc) is 3.56. The van der Waals surface area contributed by atoms with Crippen molar-refractivity contribution in [2.24, 2.45) is 7.05 Å². The summed E-state index contributed by atoms with van der Waals surface area (Å²) in [6.45, 7) is 13.6. The number of hydrogen-bond donors (Lipinski definition) is 1. The molecular weight excluding hydrogens is 577 g/mol. The third kappa shape index (κ3) is 6.32. The molecule has 44 heavy (non-hydrogen) atoms. The zero-order valence-corrected chi connectivity index (χ0v) is 27.9. The van der Waals surface area contributed by atoms with Crippen LogP contribution >= 0.6 is 0 Å². The number of anilines is 1. The van der Waals surface area contributed by atoms with Gasteiger partial charge in [-0.25, -0.2) is 19.2 Å². The van der Waals surface area contributed by atoms with E-state index in [2.05, 4.69) is 35.0 Å². The number of ether oxygens (including phenoxy) is 2. The molecule has 10 nitrogen and oxygen atoms in total. The number of alkyl carbamates (subject to hydrolysis) is 1. The molecule has 2 fully saturated rings. The fourth-order valence-electron chi connectivity index (χ4n) is 6.53. The molecular formula is C32H44FN7O3Si. The summed E-state index contributed by atoms with van der Waals surface area (Å²) in [5.74, 6) is 0.481. The molecule has 236 valence electrons. The lowest BCUT2D eigenvalue weighted by Gasteiger charge is -2.39. The fraction of sp³-hybridized carbons (Fsp3) is 0.562. The van der Waals surface area contributed by atoms with E-state index in [1.54, 1.807) is 24.0 Å². The highest BCUT2D eigenvalue weighted by molar-refractivity contribution is 6.76. The van der Waals surface area contributed by atoms with E-state index in [0.29, 0.717) is 46.5 Å². The molecule has 6 rings (SSSR count). The van der Waals surface area contributed by atoms with Crippen LogP contribution in [-0.4, -0.2) is 68.8 Å². The van der Waals surface area contributed by atoms with Gasteiger partial charge in [0.15, 0.2) is 5.65 Å². The highest BCUT2D eigenvalue weighted by Gasteiger charge is 2.42. The topological polar surface area (TPSA) is 99.3 Å². The number of hydrogen-bond acceptors (Lipinski definition) is 7. The van der Waals surface area contributed by atoms with Crippen molar-refractivity contribution in [3.05, 3.63) is 36.5 Å². The van der Waals surface area contributed by atoms with Gasteiger partial charge in [-0.2, -0.15) is 5.10 Å². The van der Waals surface area contributed by atoms with Gasteiger partial charge in [0.25, 0.3) is 0 Å². The summed E-state index contributed by atoms with van der Waals surface area (Å²) in [7, 11) is 0.534. The number of aryl methyl sites for hydroxylation is 1. The molecule has 3 aromatic heterocycles. The Bertz CT molecular complexity index is 1680. The second kappa shape index (κ2) is 11.4. The van der Waals surface area contributed by atoms with Crippen molar-refractivity contribution in [3.8, 4) is 11.1 Å². The van der Waals surface area contributed by atoms with Crippen LogP contribution in [0.4, 0.5) is 15.0 Å². The molecule has 1 N–H and O–H groups in total. The average molecular weight is 622 g/mol. The fourth-order valence-corrected chi connectivity index (χ4v) is 7.29. The van der Waals surface area contributed by atoms with Gasteiger partial charge < -0.3 is 24.3 Å². The minimum Gasteiger partial charge on any atom is -0.444 e. The largest absolute Gasteiger partial charge is 0.444 e. The summed E-state index contributed by atoms with van der Waals surface area (Å²) < 4.78 is 31.1. The summed E-state index contributed by atoms with van der Waals surface area (Å²) in [6, 6.07) is 5.20. The SMILES string of the molecule is Cn1cc2c(F)c(-c3cn(COCC[Si](C)(C)C)c4nc(N5C6CCC5CC(NC(=O)OC(C)(C)C)C6)cnc34)ccc2n1. The molecule has 2 unspecified atom stereocenters. The lowest BCUT2D eigenvalue weighted by Crippen LogP contribution is -2.51. The smallest absolute Gasteiger partial charge is 0.407 e. The van der Waals surface area contributed by atoms with Crippen molar-refractivity contribution in [3.63, 3.8) is 0 Å². The second-order valence-electron chi connectivity index (χ2n) is 14.5.